The molecule has 5 N–H and O–H groups in total. The van der Waals surface area contributed by atoms with Crippen LogP contribution in [0.5, 0.6) is 0 Å². The van der Waals surface area contributed by atoms with Crippen LogP contribution >= 0.6 is 0 Å². The highest BCUT2D eigenvalue weighted by molar-refractivity contribution is 5.85. The average molecular weight is 414 g/mol. The number of nitrogens with two attached hydrogens (primary N) is 1. The maximum Gasteiger partial charge on any atom is 0.210 e. The number of nitrogens with one attached hydrogen (secondary N) is 3. The predicted molar refractivity (Wildman–Crippen MR) is 127 cm³/mol. The van der Waals surface area contributed by atoms with E-state index in [0.29, 0.717) is 0 Å². The van der Waals surface area contributed by atoms with Gasteiger partial charge in [0.25, 0.3) is 0 Å². The zero-order valence-electron chi connectivity index (χ0n) is 17.4. The highest BCUT2D eigenvalue weighted by Gasteiger charge is 2.28. The van der Waals surface area contributed by atoms with E-state index in [1.54, 1.807) is 6.21 Å². The van der Waals surface area contributed by atoms with Crippen molar-refractivity contribution in [1.82, 2.24) is 20.5 Å². The molecule has 5 rings (SSSR count). The van der Waals surface area contributed by atoms with Gasteiger partial charge in [-0.15, -0.1) is 0 Å². The van der Waals surface area contributed by atoms with E-state index >= 15 is 0 Å². The Balaban J connectivity index is 1.26. The molecular formula is C24H27N7. The molecule has 2 aliphatic rings. The maximum absolute atomic E-state index is 6.67. The van der Waals surface area contributed by atoms with E-state index in [-0.39, 0.29) is 0 Å². The largest absolute Gasteiger partial charge is 0.372 e. The Hall–Kier alpha value is -3.42. The van der Waals surface area contributed by atoms with Crippen molar-refractivity contribution in [2.75, 3.05) is 26.3 Å². The fourth-order valence-corrected chi connectivity index (χ4v) is 4.00. The number of nitrogens with zero attached hydrogens (tertiary/aromatic N) is 3. The van der Waals surface area contributed by atoms with Crippen molar-refractivity contribution in [3.8, 4) is 11.3 Å². The smallest absolute Gasteiger partial charge is 0.210 e. The van der Waals surface area contributed by atoms with Gasteiger partial charge < -0.3 is 15.6 Å². The summed E-state index contributed by atoms with van der Waals surface area (Å²) in [6.45, 7) is 3.64. The second-order valence-electron chi connectivity index (χ2n) is 7.96. The first-order valence-electron chi connectivity index (χ1n) is 10.7. The molecule has 0 fully saturated rings. The third-order valence-electron chi connectivity index (χ3n) is 5.71. The van der Waals surface area contributed by atoms with Crippen molar-refractivity contribution in [2.45, 2.75) is 12.2 Å². The lowest BCUT2D eigenvalue weighted by Gasteiger charge is -2.32. The summed E-state index contributed by atoms with van der Waals surface area (Å²) in [5, 5.41) is 7.99. The first kappa shape index (κ1) is 19.5. The van der Waals surface area contributed by atoms with Gasteiger partial charge in [-0.25, -0.2) is 4.99 Å². The Bertz CT molecular complexity index is 1120. The minimum atomic E-state index is -1.01. The average Bonchev–Trinajstić information content (AvgIpc) is 3.47. The molecule has 1 atom stereocenters. The monoisotopic (exact) mass is 413 g/mol. The summed E-state index contributed by atoms with van der Waals surface area (Å²) >= 11 is 0. The van der Waals surface area contributed by atoms with E-state index in [2.05, 4.69) is 60.8 Å². The Morgan fingerprint density at radius 1 is 1.13 bits per heavy atom. The third kappa shape index (κ3) is 4.23. The van der Waals surface area contributed by atoms with Gasteiger partial charge in [-0.2, -0.15) is 0 Å². The molecule has 0 radical (unpaired) electrons. The van der Waals surface area contributed by atoms with Gasteiger partial charge in [0.2, 0.25) is 5.79 Å². The van der Waals surface area contributed by atoms with Crippen LogP contribution in [0.3, 0.4) is 0 Å². The highest BCUT2D eigenvalue weighted by Crippen LogP contribution is 2.28. The van der Waals surface area contributed by atoms with Crippen LogP contribution in [-0.2, 0) is 5.79 Å². The van der Waals surface area contributed by atoms with Crippen molar-refractivity contribution < 1.29 is 0 Å². The molecule has 2 aliphatic heterocycles. The molecule has 7 heteroatoms. The Morgan fingerprint density at radius 3 is 2.94 bits per heavy atom. The lowest BCUT2D eigenvalue weighted by atomic mass is 10.0. The van der Waals surface area contributed by atoms with Gasteiger partial charge in [-0.05, 0) is 36.3 Å². The van der Waals surface area contributed by atoms with Crippen molar-refractivity contribution in [1.29, 1.82) is 0 Å². The molecule has 31 heavy (non-hydrogen) atoms. The van der Waals surface area contributed by atoms with Crippen molar-refractivity contribution in [3.05, 3.63) is 72.1 Å². The summed E-state index contributed by atoms with van der Waals surface area (Å²) in [5.41, 5.74) is 10.8. The molecule has 0 amide bonds. The van der Waals surface area contributed by atoms with Crippen molar-refractivity contribution >= 4 is 23.3 Å². The van der Waals surface area contributed by atoms with Crippen LogP contribution in [0, 0.1) is 0 Å². The molecule has 0 aliphatic carbocycles. The molecule has 1 aromatic heterocycles. The lowest BCUT2D eigenvalue weighted by molar-refractivity contribution is 0.332. The van der Waals surface area contributed by atoms with E-state index in [1.165, 1.54) is 5.39 Å². The number of hydrogen-bond acceptors (Lipinski definition) is 6. The fraction of sp³-hybridized carbons (Fsp3) is 0.250. The molecule has 0 bridgehead atoms. The molecular weight excluding hydrogens is 386 g/mol. The molecule has 3 heterocycles. The van der Waals surface area contributed by atoms with Gasteiger partial charge in [0, 0.05) is 54.2 Å². The van der Waals surface area contributed by atoms with Crippen LogP contribution in [0.2, 0.25) is 0 Å². The summed E-state index contributed by atoms with van der Waals surface area (Å²) in [5.74, 6) is -0.131. The number of benzene rings is 2. The van der Waals surface area contributed by atoms with Gasteiger partial charge in [0.15, 0.2) is 0 Å². The summed E-state index contributed by atoms with van der Waals surface area (Å²) in [6.07, 6.45) is 6.70. The van der Waals surface area contributed by atoms with Crippen LogP contribution < -0.4 is 16.4 Å². The van der Waals surface area contributed by atoms with E-state index in [1.807, 2.05) is 36.6 Å². The van der Waals surface area contributed by atoms with Gasteiger partial charge >= 0.3 is 0 Å². The van der Waals surface area contributed by atoms with Crippen molar-refractivity contribution in [3.63, 3.8) is 0 Å². The molecule has 0 saturated heterocycles. The van der Waals surface area contributed by atoms with Crippen molar-refractivity contribution in [2.24, 2.45) is 15.7 Å². The van der Waals surface area contributed by atoms with Crippen LogP contribution in [0.4, 0.5) is 0 Å². The van der Waals surface area contributed by atoms with Gasteiger partial charge in [0.1, 0.15) is 5.82 Å². The van der Waals surface area contributed by atoms with E-state index in [4.69, 9.17) is 5.73 Å². The summed E-state index contributed by atoms with van der Waals surface area (Å²) < 4.78 is 0. The van der Waals surface area contributed by atoms with Crippen LogP contribution in [0.1, 0.15) is 12.0 Å². The van der Waals surface area contributed by atoms with Gasteiger partial charge in [0.05, 0.1) is 6.67 Å². The normalized spacial score (nSPS) is 20.7. The number of hydrogen-bond donors (Lipinski definition) is 4. The van der Waals surface area contributed by atoms with Gasteiger partial charge in [-0.3, -0.25) is 15.6 Å². The summed E-state index contributed by atoms with van der Waals surface area (Å²) in [6, 6.07) is 18.6. The Labute approximate surface area is 181 Å². The number of aromatic amines is 1. The van der Waals surface area contributed by atoms with Crippen LogP contribution in [-0.4, -0.2) is 48.6 Å². The zero-order valence-corrected chi connectivity index (χ0v) is 17.4. The van der Waals surface area contributed by atoms with Gasteiger partial charge in [-0.1, -0.05) is 36.4 Å². The van der Waals surface area contributed by atoms with E-state index < -0.39 is 5.79 Å². The minimum Gasteiger partial charge on any atom is -0.372 e. The molecule has 3 aromatic rings. The molecule has 158 valence electrons. The number of fused-ring (bicyclic) bond motifs is 1. The zero-order chi connectivity index (χ0) is 21.1. The fourth-order valence-electron chi connectivity index (χ4n) is 4.00. The number of aromatic nitrogens is 1. The lowest BCUT2D eigenvalue weighted by Crippen LogP contribution is -2.52. The summed E-state index contributed by atoms with van der Waals surface area (Å²) in [4.78, 5) is 14.6. The molecule has 1 unspecified atom stereocenters. The SMILES string of the molecule is NC1(c2cccc(-c3cc4ccccc4[nH]3)c2)N=CC=C(NCCCN2CC=NC2)N1. The first-order valence-corrected chi connectivity index (χ1v) is 10.7. The van der Waals surface area contributed by atoms with E-state index in [9.17, 15) is 0 Å². The summed E-state index contributed by atoms with van der Waals surface area (Å²) in [7, 11) is 0. The predicted octanol–water partition coefficient (Wildman–Crippen LogP) is 2.74. The quantitative estimate of drug-likeness (QED) is 0.448. The second kappa shape index (κ2) is 8.37. The molecule has 2 aromatic carbocycles. The van der Waals surface area contributed by atoms with Crippen LogP contribution in [0.15, 0.2) is 76.5 Å². The minimum absolute atomic E-state index is 0.812. The van der Waals surface area contributed by atoms with E-state index in [0.717, 1.165) is 60.9 Å². The first-order chi connectivity index (χ1) is 15.2. The topological polar surface area (TPSA) is 93.8 Å². The number of aliphatic imine (C=N–C) groups is 2. The highest BCUT2D eigenvalue weighted by atomic mass is 15.3. The van der Waals surface area contributed by atoms with Crippen LogP contribution in [0.25, 0.3) is 22.2 Å². The second-order valence-corrected chi connectivity index (χ2v) is 7.96. The number of para-hydroxylation sites is 1. The number of H-pyrrole nitrogens is 1. The molecule has 0 spiro atoms. The number of allylic oxidation sites excluding steroid dienone is 1. The Kier molecular flexibility index (Phi) is 5.28. The molecule has 0 saturated carbocycles. The standard InChI is InChI=1S/C24H27N7/c25-24(28-11-9-23(30-24)27-10-4-13-31-14-12-26-17-31)20-7-3-6-18(15-20)22-16-19-5-1-2-8-21(19)29-22/h1-3,5-9,11-12,15-16,27,29-30H,4,10,13-14,17,25H2. The Morgan fingerprint density at radius 2 is 2.06 bits per heavy atom. The molecule has 7 nitrogen and oxygen atoms in total. The maximum atomic E-state index is 6.67. The number of rotatable bonds is 7. The third-order valence-corrected chi connectivity index (χ3v) is 5.71.